The summed E-state index contributed by atoms with van der Waals surface area (Å²) in [5.41, 5.74) is 3.63. The summed E-state index contributed by atoms with van der Waals surface area (Å²) < 4.78 is 5.57. The summed E-state index contributed by atoms with van der Waals surface area (Å²) in [4.78, 5) is 37.1. The highest BCUT2D eigenvalue weighted by Gasteiger charge is 2.43. The fourth-order valence-corrected chi connectivity index (χ4v) is 4.36. The average molecular weight is 411 g/mol. The second kappa shape index (κ2) is 8.94. The van der Waals surface area contributed by atoms with Crippen molar-refractivity contribution in [3.8, 4) is 0 Å². The van der Waals surface area contributed by atoms with Crippen LogP contribution in [-0.2, 0) is 14.3 Å². The van der Waals surface area contributed by atoms with Crippen LogP contribution < -0.4 is 5.32 Å². The van der Waals surface area contributed by atoms with Crippen LogP contribution in [0.15, 0.2) is 52.0 Å². The van der Waals surface area contributed by atoms with Crippen molar-refractivity contribution in [1.29, 1.82) is 0 Å². The van der Waals surface area contributed by atoms with Gasteiger partial charge in [-0.1, -0.05) is 45.7 Å². The van der Waals surface area contributed by atoms with Gasteiger partial charge in [0.15, 0.2) is 5.78 Å². The molecular weight excluding hydrogens is 380 g/mol. The molecule has 1 heterocycles. The molecule has 6 heteroatoms. The molecule has 1 atom stereocenters. The highest BCUT2D eigenvalue weighted by molar-refractivity contribution is 6.04. The van der Waals surface area contributed by atoms with E-state index in [1.807, 2.05) is 6.92 Å². The van der Waals surface area contributed by atoms with E-state index >= 15 is 0 Å². The van der Waals surface area contributed by atoms with Gasteiger partial charge in [-0.15, -0.1) is 4.91 Å². The summed E-state index contributed by atoms with van der Waals surface area (Å²) in [6, 6.07) is 6.76. The van der Waals surface area contributed by atoms with E-state index < -0.39 is 11.9 Å². The van der Waals surface area contributed by atoms with Crippen LogP contribution in [0.3, 0.4) is 0 Å². The normalized spacial score (nSPS) is 20.5. The Hall–Kier alpha value is -2.76. The van der Waals surface area contributed by atoms with Gasteiger partial charge in [0.05, 0.1) is 12.2 Å². The lowest BCUT2D eigenvalue weighted by molar-refractivity contribution is -0.139. The minimum atomic E-state index is -0.510. The van der Waals surface area contributed by atoms with Crippen LogP contribution in [0.2, 0.25) is 0 Å². The molecule has 1 aromatic rings. The minimum Gasteiger partial charge on any atom is -0.462 e. The predicted octanol–water partition coefficient (Wildman–Crippen LogP) is 5.42. The Bertz CT molecular complexity index is 910. The Morgan fingerprint density at radius 2 is 1.90 bits per heavy atom. The summed E-state index contributed by atoms with van der Waals surface area (Å²) in [6.45, 7) is 8.46. The van der Waals surface area contributed by atoms with Crippen molar-refractivity contribution in [2.24, 2.45) is 10.6 Å². The van der Waals surface area contributed by atoms with Crippen molar-refractivity contribution in [1.82, 2.24) is 5.32 Å². The largest absolute Gasteiger partial charge is 0.462 e. The number of ketones is 1. The van der Waals surface area contributed by atoms with E-state index in [-0.39, 0.29) is 11.2 Å². The number of dihydropyridines is 1. The van der Waals surface area contributed by atoms with E-state index in [9.17, 15) is 14.5 Å². The fraction of sp³-hybridized carbons (Fsp3) is 0.500. The molecule has 0 saturated heterocycles. The van der Waals surface area contributed by atoms with Gasteiger partial charge < -0.3 is 10.1 Å². The van der Waals surface area contributed by atoms with E-state index in [4.69, 9.17) is 4.74 Å². The third-order valence-corrected chi connectivity index (χ3v) is 5.77. The van der Waals surface area contributed by atoms with Crippen LogP contribution in [0, 0.1) is 10.3 Å². The van der Waals surface area contributed by atoms with Crippen LogP contribution in [-0.4, -0.2) is 18.4 Å². The van der Waals surface area contributed by atoms with Gasteiger partial charge in [-0.3, -0.25) is 4.79 Å². The molecule has 30 heavy (non-hydrogen) atoms. The highest BCUT2D eigenvalue weighted by atomic mass is 16.5. The Morgan fingerprint density at radius 3 is 2.53 bits per heavy atom. The van der Waals surface area contributed by atoms with E-state index in [0.717, 1.165) is 36.9 Å². The smallest absolute Gasteiger partial charge is 0.336 e. The van der Waals surface area contributed by atoms with Crippen molar-refractivity contribution in [2.45, 2.75) is 65.7 Å². The second-order valence-corrected chi connectivity index (χ2v) is 8.96. The molecule has 1 unspecified atom stereocenters. The molecular formula is C24H30N2O4. The molecule has 0 fully saturated rings. The van der Waals surface area contributed by atoms with Crippen molar-refractivity contribution >= 4 is 17.4 Å². The number of hydrogen-bond acceptors (Lipinski definition) is 6. The van der Waals surface area contributed by atoms with Crippen LogP contribution in [0.25, 0.3) is 0 Å². The maximum atomic E-state index is 13.2. The average Bonchev–Trinajstić information content (AvgIpc) is 2.69. The molecule has 3 rings (SSSR count). The topological polar surface area (TPSA) is 84.8 Å². The Balaban J connectivity index is 2.03. The van der Waals surface area contributed by atoms with Crippen LogP contribution >= 0.6 is 0 Å². The molecule has 1 aliphatic heterocycles. The lowest BCUT2D eigenvalue weighted by Gasteiger charge is -2.39. The summed E-state index contributed by atoms with van der Waals surface area (Å²) in [6.07, 6.45) is 4.01. The lowest BCUT2D eigenvalue weighted by atomic mass is 9.68. The Kier molecular flexibility index (Phi) is 6.54. The molecule has 160 valence electrons. The van der Waals surface area contributed by atoms with Crippen molar-refractivity contribution < 1.29 is 14.3 Å². The fourth-order valence-electron chi connectivity index (χ4n) is 4.36. The van der Waals surface area contributed by atoms with E-state index in [0.29, 0.717) is 35.6 Å². The first-order valence-corrected chi connectivity index (χ1v) is 10.6. The number of ether oxygens (including phenoxy) is 1. The van der Waals surface area contributed by atoms with Gasteiger partial charge in [-0.05, 0) is 48.1 Å². The van der Waals surface area contributed by atoms with Crippen molar-refractivity contribution in [3.63, 3.8) is 0 Å². The summed E-state index contributed by atoms with van der Waals surface area (Å²) in [5, 5.41) is 6.28. The first-order chi connectivity index (χ1) is 14.3. The van der Waals surface area contributed by atoms with Gasteiger partial charge in [-0.25, -0.2) is 4.79 Å². The summed E-state index contributed by atoms with van der Waals surface area (Å²) in [7, 11) is 0. The van der Waals surface area contributed by atoms with Crippen LogP contribution in [0.4, 0.5) is 5.69 Å². The van der Waals surface area contributed by atoms with Gasteiger partial charge in [0.2, 0.25) is 0 Å². The third kappa shape index (κ3) is 4.53. The first kappa shape index (κ1) is 21.9. The van der Waals surface area contributed by atoms with Crippen LogP contribution in [0.5, 0.6) is 0 Å². The van der Waals surface area contributed by atoms with Crippen LogP contribution in [0.1, 0.15) is 71.3 Å². The number of hydrogen-bond donors (Lipinski definition) is 1. The van der Waals surface area contributed by atoms with E-state index in [1.54, 1.807) is 24.3 Å². The Labute approximate surface area is 177 Å². The molecule has 1 N–H and O–H groups in total. The molecule has 6 nitrogen and oxygen atoms in total. The first-order valence-electron chi connectivity index (χ1n) is 10.6. The summed E-state index contributed by atoms with van der Waals surface area (Å²) in [5.74, 6) is -0.868. The number of unbranched alkanes of at least 4 members (excludes halogenated alkanes) is 2. The van der Waals surface area contributed by atoms with Gasteiger partial charge in [0.1, 0.15) is 5.69 Å². The zero-order valence-corrected chi connectivity index (χ0v) is 18.2. The van der Waals surface area contributed by atoms with Gasteiger partial charge in [-0.2, -0.15) is 0 Å². The zero-order chi connectivity index (χ0) is 21.9. The lowest BCUT2D eigenvalue weighted by Crippen LogP contribution is -2.38. The molecule has 0 spiro atoms. The number of allylic oxidation sites excluding steroid dienone is 3. The molecule has 0 bridgehead atoms. The number of Topliss-reactive ketones (excluding diaryl/α,β-unsaturated/α-hetero) is 1. The second-order valence-electron chi connectivity index (χ2n) is 8.96. The predicted molar refractivity (Wildman–Crippen MR) is 116 cm³/mol. The van der Waals surface area contributed by atoms with Gasteiger partial charge in [0.25, 0.3) is 0 Å². The number of carbonyl (C=O) groups excluding carboxylic acids is 2. The number of nitrogens with zero attached hydrogens (tertiary/aromatic N) is 1. The molecule has 1 aliphatic carbocycles. The maximum Gasteiger partial charge on any atom is 0.336 e. The molecule has 0 amide bonds. The molecule has 1 aromatic carbocycles. The van der Waals surface area contributed by atoms with Gasteiger partial charge in [0, 0.05) is 29.3 Å². The SMILES string of the molecule is CCCCCOC(=O)C1=C(C)NC2=C(C(=O)CC(C)(C)C2)C1c1ccc(N=O)cc1. The third-order valence-electron chi connectivity index (χ3n) is 5.77. The number of nitrogens with one attached hydrogen (secondary N) is 1. The standard InChI is InChI=1S/C24H30N2O4/c1-5-6-7-12-30-23(28)20-15(2)25-18-13-24(3,4)14-19(27)22(18)21(20)16-8-10-17(26-29)11-9-16/h8-11,21,25H,5-7,12-14H2,1-4H3. The highest BCUT2D eigenvalue weighted by Crippen LogP contribution is 2.46. The van der Waals surface area contributed by atoms with Crippen molar-refractivity contribution in [2.75, 3.05) is 6.61 Å². The number of benzene rings is 1. The van der Waals surface area contributed by atoms with E-state index in [1.165, 1.54) is 0 Å². The molecule has 0 radical (unpaired) electrons. The molecule has 0 saturated carbocycles. The molecule has 2 aliphatic rings. The monoisotopic (exact) mass is 410 g/mol. The number of nitroso groups, excluding NO2 is 1. The quantitative estimate of drug-likeness (QED) is 0.368. The minimum absolute atomic E-state index is 0.0418. The van der Waals surface area contributed by atoms with Crippen molar-refractivity contribution in [3.05, 3.63) is 57.3 Å². The van der Waals surface area contributed by atoms with E-state index in [2.05, 4.69) is 31.3 Å². The number of rotatable bonds is 7. The number of carbonyl (C=O) groups is 2. The van der Waals surface area contributed by atoms with Gasteiger partial charge >= 0.3 is 5.97 Å². The molecule has 0 aromatic heterocycles. The maximum absolute atomic E-state index is 13.2. The Morgan fingerprint density at radius 1 is 1.20 bits per heavy atom. The number of esters is 1. The zero-order valence-electron chi connectivity index (χ0n) is 18.2. The summed E-state index contributed by atoms with van der Waals surface area (Å²) >= 11 is 0.